The number of anilines is 1. The highest BCUT2D eigenvalue weighted by Crippen LogP contribution is 2.23. The minimum atomic E-state index is 0.0310. The van der Waals surface area contributed by atoms with Gasteiger partial charge in [-0.25, -0.2) is 0 Å². The van der Waals surface area contributed by atoms with E-state index in [1.54, 1.807) is 11.8 Å². The Morgan fingerprint density at radius 2 is 2.29 bits per heavy atom. The van der Waals surface area contributed by atoms with Crippen molar-refractivity contribution in [1.29, 1.82) is 0 Å². The number of Topliss-reactive ketones (excluding diaryl/α,β-unsaturated/α-hetero) is 1. The molecule has 0 aliphatic heterocycles. The number of nitrogens with two attached hydrogens (primary N) is 1. The van der Waals surface area contributed by atoms with E-state index in [4.69, 9.17) is 17.3 Å². The monoisotopic (exact) mass is 229 g/mol. The normalized spacial score (nSPS) is 10.1. The summed E-state index contributed by atoms with van der Waals surface area (Å²) in [6.07, 6.45) is 2.34. The Bertz CT molecular complexity index is 341. The molecule has 1 rings (SSSR count). The summed E-state index contributed by atoms with van der Waals surface area (Å²) in [7, 11) is 0. The van der Waals surface area contributed by atoms with Crippen LogP contribution in [-0.2, 0) is 11.2 Å². The van der Waals surface area contributed by atoms with E-state index in [1.807, 2.05) is 24.5 Å². The predicted molar refractivity (Wildman–Crippen MR) is 62.1 cm³/mol. The Kier molecular flexibility index (Phi) is 4.29. The molecule has 0 spiro atoms. The number of carbonyl (C=O) groups excluding carboxylic acids is 1. The molecule has 0 amide bonds. The van der Waals surface area contributed by atoms with Crippen molar-refractivity contribution in [3.05, 3.63) is 23.8 Å². The van der Waals surface area contributed by atoms with E-state index < -0.39 is 0 Å². The molecule has 0 unspecified atom stereocenters. The summed E-state index contributed by atoms with van der Waals surface area (Å²) in [6, 6.07) is 5.62. The molecule has 0 saturated carbocycles. The van der Waals surface area contributed by atoms with Crippen LogP contribution in [0.3, 0.4) is 0 Å². The maximum absolute atomic E-state index is 11.1. The number of ketones is 1. The average Bonchev–Trinajstić information content (AvgIpc) is 2.20. The van der Waals surface area contributed by atoms with Crippen molar-refractivity contribution in [3.63, 3.8) is 0 Å². The molecule has 0 fully saturated rings. The molecule has 76 valence electrons. The van der Waals surface area contributed by atoms with Crippen LogP contribution in [0.5, 0.6) is 0 Å². The summed E-state index contributed by atoms with van der Waals surface area (Å²) in [4.78, 5) is 12.1. The molecular formula is C10H12ClNOS. The van der Waals surface area contributed by atoms with Crippen molar-refractivity contribution in [2.75, 3.05) is 17.9 Å². The maximum Gasteiger partial charge on any atom is 0.151 e. The van der Waals surface area contributed by atoms with Crippen LogP contribution in [0, 0.1) is 0 Å². The number of hydrogen-bond acceptors (Lipinski definition) is 3. The summed E-state index contributed by atoms with van der Waals surface area (Å²) in [5, 5.41) is 0. The van der Waals surface area contributed by atoms with Crippen molar-refractivity contribution in [1.82, 2.24) is 0 Å². The molecule has 1 aromatic carbocycles. The fourth-order valence-corrected chi connectivity index (χ4v) is 1.81. The molecule has 1 aromatic rings. The molecule has 0 saturated heterocycles. The summed E-state index contributed by atoms with van der Waals surface area (Å²) in [6.45, 7) is 0. The van der Waals surface area contributed by atoms with E-state index >= 15 is 0 Å². The zero-order valence-electron chi connectivity index (χ0n) is 7.92. The zero-order valence-corrected chi connectivity index (χ0v) is 9.49. The van der Waals surface area contributed by atoms with Gasteiger partial charge in [0, 0.05) is 17.0 Å². The van der Waals surface area contributed by atoms with Crippen LogP contribution in [0.25, 0.3) is 0 Å². The largest absolute Gasteiger partial charge is 0.398 e. The lowest BCUT2D eigenvalue weighted by molar-refractivity contribution is -0.116. The van der Waals surface area contributed by atoms with Crippen LogP contribution >= 0.6 is 23.4 Å². The number of hydrogen-bond donors (Lipinski definition) is 1. The van der Waals surface area contributed by atoms with Gasteiger partial charge in [-0.1, -0.05) is 6.07 Å². The zero-order chi connectivity index (χ0) is 10.6. The van der Waals surface area contributed by atoms with Gasteiger partial charge in [0.2, 0.25) is 0 Å². The van der Waals surface area contributed by atoms with Gasteiger partial charge in [-0.3, -0.25) is 4.79 Å². The molecule has 2 nitrogen and oxygen atoms in total. The van der Waals surface area contributed by atoms with Crippen LogP contribution in [0.4, 0.5) is 5.69 Å². The van der Waals surface area contributed by atoms with E-state index in [9.17, 15) is 4.79 Å². The van der Waals surface area contributed by atoms with Gasteiger partial charge in [0.1, 0.15) is 0 Å². The second-order valence-electron chi connectivity index (χ2n) is 2.93. The Morgan fingerprint density at radius 1 is 1.57 bits per heavy atom. The van der Waals surface area contributed by atoms with Gasteiger partial charge in [-0.15, -0.1) is 23.4 Å². The minimum absolute atomic E-state index is 0.0310. The quantitative estimate of drug-likeness (QED) is 0.490. The number of halogens is 1. The van der Waals surface area contributed by atoms with Gasteiger partial charge in [0.05, 0.1) is 5.88 Å². The Labute approximate surface area is 92.8 Å². The molecule has 0 bridgehead atoms. The van der Waals surface area contributed by atoms with E-state index in [-0.39, 0.29) is 11.7 Å². The second kappa shape index (κ2) is 5.27. The highest BCUT2D eigenvalue weighted by atomic mass is 35.5. The third-order valence-corrected chi connectivity index (χ3v) is 2.94. The number of thioether (sulfide) groups is 1. The first-order valence-electron chi connectivity index (χ1n) is 4.17. The van der Waals surface area contributed by atoms with E-state index in [1.165, 1.54) is 0 Å². The number of benzene rings is 1. The van der Waals surface area contributed by atoms with E-state index in [0.717, 1.165) is 16.1 Å². The van der Waals surface area contributed by atoms with Gasteiger partial charge >= 0.3 is 0 Å². The maximum atomic E-state index is 11.1. The van der Waals surface area contributed by atoms with Gasteiger partial charge < -0.3 is 5.73 Å². The lowest BCUT2D eigenvalue weighted by Gasteiger charge is -2.05. The SMILES string of the molecule is CSc1cc(CC(=O)CCl)ccc1N. The molecule has 0 radical (unpaired) electrons. The van der Waals surface area contributed by atoms with Crippen molar-refractivity contribution in [2.45, 2.75) is 11.3 Å². The van der Waals surface area contributed by atoms with Gasteiger partial charge in [0.25, 0.3) is 0 Å². The molecule has 0 heterocycles. The lowest BCUT2D eigenvalue weighted by Crippen LogP contribution is -2.04. The predicted octanol–water partition coefficient (Wildman–Crippen LogP) is 2.34. The molecule has 0 aliphatic carbocycles. The van der Waals surface area contributed by atoms with Crippen LogP contribution in [-0.4, -0.2) is 17.9 Å². The highest BCUT2D eigenvalue weighted by Gasteiger charge is 2.04. The van der Waals surface area contributed by atoms with Crippen molar-refractivity contribution in [2.24, 2.45) is 0 Å². The third-order valence-electron chi connectivity index (χ3n) is 1.85. The summed E-state index contributed by atoms with van der Waals surface area (Å²) < 4.78 is 0. The molecule has 0 aliphatic rings. The molecular weight excluding hydrogens is 218 g/mol. The third kappa shape index (κ3) is 2.93. The van der Waals surface area contributed by atoms with Crippen LogP contribution < -0.4 is 5.73 Å². The minimum Gasteiger partial charge on any atom is -0.398 e. The highest BCUT2D eigenvalue weighted by molar-refractivity contribution is 7.98. The fourth-order valence-electron chi connectivity index (χ4n) is 1.14. The first kappa shape index (κ1) is 11.4. The smallest absolute Gasteiger partial charge is 0.151 e. The standard InChI is InChI=1S/C10H12ClNOS/c1-14-10-5-7(2-3-9(10)12)4-8(13)6-11/h2-3,5H,4,6,12H2,1H3. The van der Waals surface area contributed by atoms with E-state index in [0.29, 0.717) is 6.42 Å². The average molecular weight is 230 g/mol. The summed E-state index contributed by atoms with van der Waals surface area (Å²) in [5.41, 5.74) is 7.45. The number of rotatable bonds is 4. The molecule has 14 heavy (non-hydrogen) atoms. The van der Waals surface area contributed by atoms with Crippen molar-refractivity contribution in [3.8, 4) is 0 Å². The topological polar surface area (TPSA) is 43.1 Å². The first-order valence-corrected chi connectivity index (χ1v) is 5.93. The first-order chi connectivity index (χ1) is 6.67. The van der Waals surface area contributed by atoms with Gasteiger partial charge in [-0.05, 0) is 24.0 Å². The summed E-state index contributed by atoms with van der Waals surface area (Å²) in [5.74, 6) is 0.0994. The Morgan fingerprint density at radius 3 is 2.86 bits per heavy atom. The molecule has 2 N–H and O–H groups in total. The van der Waals surface area contributed by atoms with Gasteiger partial charge in [-0.2, -0.15) is 0 Å². The van der Waals surface area contributed by atoms with Crippen molar-refractivity contribution >= 4 is 34.8 Å². The Hall–Kier alpha value is -0.670. The van der Waals surface area contributed by atoms with Gasteiger partial charge in [0.15, 0.2) is 5.78 Å². The molecule has 0 aromatic heterocycles. The number of alkyl halides is 1. The van der Waals surface area contributed by atoms with Crippen LogP contribution in [0.15, 0.2) is 23.1 Å². The van der Waals surface area contributed by atoms with Crippen LogP contribution in [0.1, 0.15) is 5.56 Å². The number of nitrogen functional groups attached to an aromatic ring is 1. The lowest BCUT2D eigenvalue weighted by atomic mass is 10.1. The van der Waals surface area contributed by atoms with Crippen LogP contribution in [0.2, 0.25) is 0 Å². The summed E-state index contributed by atoms with van der Waals surface area (Å²) >= 11 is 7.00. The molecule has 0 atom stereocenters. The number of carbonyl (C=O) groups is 1. The fraction of sp³-hybridized carbons (Fsp3) is 0.300. The Balaban J connectivity index is 2.84. The molecule has 4 heteroatoms. The van der Waals surface area contributed by atoms with E-state index in [2.05, 4.69) is 0 Å². The second-order valence-corrected chi connectivity index (χ2v) is 4.04. The van der Waals surface area contributed by atoms with Crippen molar-refractivity contribution < 1.29 is 4.79 Å².